The molecular weight excluding hydrogens is 364 g/mol. The Balaban J connectivity index is 1.56. The Bertz CT molecular complexity index is 1100. The lowest BCUT2D eigenvalue weighted by atomic mass is 9.93. The van der Waals surface area contributed by atoms with Crippen molar-refractivity contribution in [3.05, 3.63) is 84.1 Å². The summed E-state index contributed by atoms with van der Waals surface area (Å²) in [7, 11) is 1.67. The molecule has 1 aromatic heterocycles. The number of hydrogen-bond acceptors (Lipinski definition) is 3. The van der Waals surface area contributed by atoms with Crippen LogP contribution in [0.4, 0.5) is 4.79 Å². The molecule has 148 valence electrons. The zero-order valence-electron chi connectivity index (χ0n) is 16.7. The molecule has 0 saturated carbocycles. The van der Waals surface area contributed by atoms with Gasteiger partial charge < -0.3 is 14.5 Å². The Hall–Kier alpha value is -3.47. The van der Waals surface area contributed by atoms with Crippen LogP contribution >= 0.6 is 0 Å². The highest BCUT2D eigenvalue weighted by Gasteiger charge is 2.25. The van der Waals surface area contributed by atoms with Gasteiger partial charge >= 0.3 is 6.09 Å². The standard InChI is InChI=1S/C24H24N2O3/c1-17-16-25(24(27)29-20-10-5-4-6-11-20)14-13-21(17)18(2)23-15-19-9-7-8-12-22(19)26(23)28-3/h4-12,15H,1,13-14,16H2,2-3H3/b21-18-. The smallest absolute Gasteiger partial charge is 0.415 e. The maximum Gasteiger partial charge on any atom is 0.415 e. The van der Waals surface area contributed by atoms with Crippen LogP contribution in [0.25, 0.3) is 16.5 Å². The molecule has 0 N–H and O–H groups in total. The molecule has 1 saturated heterocycles. The second-order valence-electron chi connectivity index (χ2n) is 7.13. The minimum atomic E-state index is -0.347. The van der Waals surface area contributed by atoms with Crippen molar-refractivity contribution >= 4 is 22.6 Å². The molecule has 0 radical (unpaired) electrons. The first-order valence-electron chi connectivity index (χ1n) is 9.63. The summed E-state index contributed by atoms with van der Waals surface area (Å²) in [5, 5.41) is 1.12. The SMILES string of the molecule is C=C1CN(C(=O)Oc2ccccc2)CC/C1=C(\C)c1cc2ccccc2n1OC. The van der Waals surface area contributed by atoms with Gasteiger partial charge in [-0.05, 0) is 54.3 Å². The predicted molar refractivity (Wildman–Crippen MR) is 115 cm³/mol. The van der Waals surface area contributed by atoms with Gasteiger partial charge in [-0.1, -0.05) is 43.0 Å². The summed E-state index contributed by atoms with van der Waals surface area (Å²) in [6, 6.07) is 19.4. The summed E-state index contributed by atoms with van der Waals surface area (Å²) in [4.78, 5) is 19.8. The van der Waals surface area contributed by atoms with Crippen LogP contribution in [0, 0.1) is 0 Å². The fraction of sp³-hybridized carbons (Fsp3) is 0.208. The fourth-order valence-corrected chi connectivity index (χ4v) is 3.83. The zero-order chi connectivity index (χ0) is 20.4. The van der Waals surface area contributed by atoms with E-state index < -0.39 is 0 Å². The number of ether oxygens (including phenoxy) is 1. The molecule has 1 fully saturated rings. The number of piperidine rings is 1. The highest BCUT2D eigenvalue weighted by atomic mass is 16.6. The van der Waals surface area contributed by atoms with E-state index in [4.69, 9.17) is 9.57 Å². The lowest BCUT2D eigenvalue weighted by Crippen LogP contribution is -2.39. The van der Waals surface area contributed by atoms with E-state index in [0.29, 0.717) is 18.8 Å². The molecule has 0 unspecified atom stereocenters. The maximum atomic E-state index is 12.5. The van der Waals surface area contributed by atoms with E-state index in [0.717, 1.165) is 39.7 Å². The van der Waals surface area contributed by atoms with E-state index in [1.807, 2.05) is 41.1 Å². The first kappa shape index (κ1) is 18.9. The number of aromatic nitrogens is 1. The van der Waals surface area contributed by atoms with Gasteiger partial charge in [0.05, 0.1) is 11.2 Å². The van der Waals surface area contributed by atoms with Crippen molar-refractivity contribution in [2.24, 2.45) is 0 Å². The van der Waals surface area contributed by atoms with Gasteiger partial charge in [-0.25, -0.2) is 4.79 Å². The van der Waals surface area contributed by atoms with E-state index in [2.05, 4.69) is 25.6 Å². The Morgan fingerprint density at radius 2 is 1.79 bits per heavy atom. The van der Waals surface area contributed by atoms with Crippen molar-refractivity contribution in [2.75, 3.05) is 20.2 Å². The minimum absolute atomic E-state index is 0.347. The van der Waals surface area contributed by atoms with Gasteiger partial charge in [0.2, 0.25) is 0 Å². The summed E-state index contributed by atoms with van der Waals surface area (Å²) in [6.45, 7) is 7.36. The van der Waals surface area contributed by atoms with Gasteiger partial charge in [0.15, 0.2) is 0 Å². The topological polar surface area (TPSA) is 43.7 Å². The Morgan fingerprint density at radius 1 is 1.07 bits per heavy atom. The maximum absolute atomic E-state index is 12.5. The lowest BCUT2D eigenvalue weighted by molar-refractivity contribution is 0.154. The van der Waals surface area contributed by atoms with Crippen LogP contribution < -0.4 is 9.57 Å². The Morgan fingerprint density at radius 3 is 2.52 bits per heavy atom. The number of para-hydroxylation sites is 2. The zero-order valence-corrected chi connectivity index (χ0v) is 16.7. The lowest BCUT2D eigenvalue weighted by Gasteiger charge is -2.30. The molecule has 5 heteroatoms. The van der Waals surface area contributed by atoms with Gasteiger partial charge in [-0.3, -0.25) is 0 Å². The van der Waals surface area contributed by atoms with Crippen molar-refractivity contribution in [3.63, 3.8) is 0 Å². The van der Waals surface area contributed by atoms with Crippen LogP contribution in [0.5, 0.6) is 5.75 Å². The molecule has 4 rings (SSSR count). The van der Waals surface area contributed by atoms with Crippen molar-refractivity contribution in [1.29, 1.82) is 0 Å². The Kier molecular flexibility index (Phi) is 5.12. The fourth-order valence-electron chi connectivity index (χ4n) is 3.83. The largest absolute Gasteiger partial charge is 0.417 e. The van der Waals surface area contributed by atoms with Crippen LogP contribution in [-0.2, 0) is 0 Å². The van der Waals surface area contributed by atoms with Crippen LogP contribution in [0.15, 0.2) is 78.4 Å². The number of likely N-dealkylation sites (tertiary alicyclic amines) is 1. The summed E-state index contributed by atoms with van der Waals surface area (Å²) in [6.07, 6.45) is 0.375. The molecule has 0 aliphatic carbocycles. The minimum Gasteiger partial charge on any atom is -0.417 e. The summed E-state index contributed by atoms with van der Waals surface area (Å²) >= 11 is 0. The van der Waals surface area contributed by atoms with Crippen molar-refractivity contribution in [2.45, 2.75) is 13.3 Å². The number of nitrogens with zero attached hydrogens (tertiary/aromatic N) is 2. The molecular formula is C24H24N2O3. The van der Waals surface area contributed by atoms with E-state index in [-0.39, 0.29) is 6.09 Å². The second-order valence-corrected chi connectivity index (χ2v) is 7.13. The van der Waals surface area contributed by atoms with E-state index in [9.17, 15) is 4.79 Å². The van der Waals surface area contributed by atoms with Crippen molar-refractivity contribution in [3.8, 4) is 5.75 Å². The molecule has 2 aromatic carbocycles. The molecule has 1 aliphatic heterocycles. The third-order valence-electron chi connectivity index (χ3n) is 5.33. The average molecular weight is 388 g/mol. The monoisotopic (exact) mass is 388 g/mol. The summed E-state index contributed by atoms with van der Waals surface area (Å²) in [5.41, 5.74) is 5.23. The molecule has 2 heterocycles. The van der Waals surface area contributed by atoms with Crippen molar-refractivity contribution in [1.82, 2.24) is 9.63 Å². The van der Waals surface area contributed by atoms with Crippen LogP contribution in [0.1, 0.15) is 19.0 Å². The third-order valence-corrected chi connectivity index (χ3v) is 5.33. The highest BCUT2D eigenvalue weighted by molar-refractivity contribution is 5.86. The molecule has 5 nitrogen and oxygen atoms in total. The molecule has 29 heavy (non-hydrogen) atoms. The van der Waals surface area contributed by atoms with Crippen LogP contribution in [0.2, 0.25) is 0 Å². The highest BCUT2D eigenvalue weighted by Crippen LogP contribution is 2.32. The second kappa shape index (κ2) is 7.87. The number of carbonyl (C=O) groups is 1. The number of fused-ring (bicyclic) bond motifs is 1. The van der Waals surface area contributed by atoms with E-state index >= 15 is 0 Å². The summed E-state index contributed by atoms with van der Waals surface area (Å²) in [5.74, 6) is 0.547. The van der Waals surface area contributed by atoms with Gasteiger partial charge in [0.25, 0.3) is 0 Å². The first-order chi connectivity index (χ1) is 14.1. The number of amides is 1. The number of rotatable bonds is 3. The molecule has 3 aromatic rings. The Labute approximate surface area is 170 Å². The predicted octanol–water partition coefficient (Wildman–Crippen LogP) is 4.93. The van der Waals surface area contributed by atoms with Gasteiger partial charge in [-0.15, -0.1) is 0 Å². The molecule has 0 spiro atoms. The van der Waals surface area contributed by atoms with Gasteiger partial charge in [0.1, 0.15) is 12.9 Å². The quantitative estimate of drug-likeness (QED) is 0.639. The van der Waals surface area contributed by atoms with E-state index in [1.54, 1.807) is 24.1 Å². The van der Waals surface area contributed by atoms with Gasteiger partial charge in [0, 0.05) is 18.5 Å². The number of carbonyl (C=O) groups excluding carboxylic acids is 1. The van der Waals surface area contributed by atoms with Crippen LogP contribution in [-0.4, -0.2) is 35.9 Å². The average Bonchev–Trinajstić information content (AvgIpc) is 3.12. The molecule has 1 aliphatic rings. The third kappa shape index (κ3) is 3.63. The van der Waals surface area contributed by atoms with Crippen molar-refractivity contribution < 1.29 is 14.4 Å². The molecule has 1 amide bonds. The molecule has 0 bridgehead atoms. The normalized spacial score (nSPS) is 16.1. The summed E-state index contributed by atoms with van der Waals surface area (Å²) < 4.78 is 7.31. The first-order valence-corrected chi connectivity index (χ1v) is 9.63. The molecule has 0 atom stereocenters. The van der Waals surface area contributed by atoms with Crippen LogP contribution in [0.3, 0.4) is 0 Å². The van der Waals surface area contributed by atoms with Gasteiger partial charge in [-0.2, -0.15) is 4.73 Å². The number of allylic oxidation sites excluding steroid dienone is 1. The van der Waals surface area contributed by atoms with E-state index in [1.165, 1.54) is 0 Å². The number of benzene rings is 2. The number of hydrogen-bond donors (Lipinski definition) is 0.